The molecule has 4 nitrogen and oxygen atoms in total. The quantitative estimate of drug-likeness (QED) is 0.604. The van der Waals surface area contributed by atoms with E-state index in [4.69, 9.17) is 10.7 Å². The zero-order chi connectivity index (χ0) is 14.3. The molecule has 1 aromatic heterocycles. The fraction of sp³-hybridized carbons (Fsp3) is 0.267. The van der Waals surface area contributed by atoms with Crippen LogP contribution in [0.15, 0.2) is 36.7 Å². The number of rotatable bonds is 6. The molecule has 0 aliphatic heterocycles. The molecule has 0 atom stereocenters. The van der Waals surface area contributed by atoms with Crippen LogP contribution in [0.1, 0.15) is 25.0 Å². The average molecular weight is 254 g/mol. The van der Waals surface area contributed by atoms with Crippen molar-refractivity contribution in [1.29, 1.82) is 10.7 Å². The lowest BCUT2D eigenvalue weighted by molar-refractivity contribution is 0.646. The SMILES string of the molecule is C=C/C(C=N)=C/Nc1cc(CC(C)C)c(C#N)cn1. The first kappa shape index (κ1) is 14.7. The summed E-state index contributed by atoms with van der Waals surface area (Å²) in [6.07, 6.45) is 6.86. The second kappa shape index (κ2) is 7.12. The summed E-state index contributed by atoms with van der Waals surface area (Å²) >= 11 is 0. The Hall–Kier alpha value is -2.41. The van der Waals surface area contributed by atoms with E-state index in [-0.39, 0.29) is 0 Å². The number of nitriles is 1. The van der Waals surface area contributed by atoms with Crippen LogP contribution >= 0.6 is 0 Å². The molecule has 0 fully saturated rings. The number of pyridine rings is 1. The van der Waals surface area contributed by atoms with Gasteiger partial charge in [-0.2, -0.15) is 5.26 Å². The van der Waals surface area contributed by atoms with Gasteiger partial charge < -0.3 is 10.7 Å². The van der Waals surface area contributed by atoms with Crippen molar-refractivity contribution in [3.8, 4) is 6.07 Å². The van der Waals surface area contributed by atoms with E-state index in [9.17, 15) is 0 Å². The second-order valence-electron chi connectivity index (χ2n) is 4.57. The molecule has 19 heavy (non-hydrogen) atoms. The summed E-state index contributed by atoms with van der Waals surface area (Å²) in [6, 6.07) is 4.03. The molecular formula is C15H18N4. The number of allylic oxidation sites excluding steroid dienone is 2. The number of aromatic nitrogens is 1. The molecule has 0 unspecified atom stereocenters. The minimum Gasteiger partial charge on any atom is -0.346 e. The van der Waals surface area contributed by atoms with E-state index in [0.29, 0.717) is 22.9 Å². The van der Waals surface area contributed by atoms with Gasteiger partial charge in [0, 0.05) is 24.2 Å². The van der Waals surface area contributed by atoms with Gasteiger partial charge in [-0.15, -0.1) is 0 Å². The molecule has 1 rings (SSSR count). The maximum Gasteiger partial charge on any atom is 0.130 e. The first-order valence-corrected chi connectivity index (χ1v) is 6.09. The molecule has 1 aromatic rings. The van der Waals surface area contributed by atoms with Gasteiger partial charge in [0.2, 0.25) is 0 Å². The van der Waals surface area contributed by atoms with E-state index < -0.39 is 0 Å². The number of hydrogen-bond acceptors (Lipinski definition) is 4. The highest BCUT2D eigenvalue weighted by Crippen LogP contribution is 2.16. The van der Waals surface area contributed by atoms with Crippen molar-refractivity contribution in [1.82, 2.24) is 4.98 Å². The topological polar surface area (TPSA) is 72.6 Å². The van der Waals surface area contributed by atoms with Crippen LogP contribution in [0.3, 0.4) is 0 Å². The van der Waals surface area contributed by atoms with E-state index in [1.54, 1.807) is 18.5 Å². The standard InChI is InChI=1S/C15H18N4/c1-4-12(7-16)9-18-15-6-13(5-11(2)3)14(8-17)10-19-15/h4,6-7,9-11,16H,1,5H2,2-3H3,(H,18,19)/b12-9-,16-7?. The first-order chi connectivity index (χ1) is 9.10. The lowest BCUT2D eigenvalue weighted by atomic mass is 10.00. The molecule has 4 heteroatoms. The maximum absolute atomic E-state index is 9.05. The highest BCUT2D eigenvalue weighted by atomic mass is 15.0. The van der Waals surface area contributed by atoms with Gasteiger partial charge in [0.1, 0.15) is 11.9 Å². The van der Waals surface area contributed by atoms with Gasteiger partial charge in [-0.25, -0.2) is 4.98 Å². The van der Waals surface area contributed by atoms with Crippen molar-refractivity contribution in [2.24, 2.45) is 5.92 Å². The Balaban J connectivity index is 2.98. The van der Waals surface area contributed by atoms with Crippen LogP contribution in [0.5, 0.6) is 0 Å². The lowest BCUT2D eigenvalue weighted by Crippen LogP contribution is -2.01. The summed E-state index contributed by atoms with van der Waals surface area (Å²) in [5.41, 5.74) is 2.26. The normalized spacial score (nSPS) is 10.9. The summed E-state index contributed by atoms with van der Waals surface area (Å²) in [6.45, 7) is 7.83. The van der Waals surface area contributed by atoms with Crippen molar-refractivity contribution >= 4 is 12.0 Å². The summed E-state index contributed by atoms with van der Waals surface area (Å²) in [7, 11) is 0. The Morgan fingerprint density at radius 2 is 2.37 bits per heavy atom. The Morgan fingerprint density at radius 3 is 2.89 bits per heavy atom. The monoisotopic (exact) mass is 254 g/mol. The van der Waals surface area contributed by atoms with E-state index in [1.165, 1.54) is 6.21 Å². The molecule has 0 saturated heterocycles. The Morgan fingerprint density at radius 1 is 1.63 bits per heavy atom. The second-order valence-corrected chi connectivity index (χ2v) is 4.57. The molecular weight excluding hydrogens is 236 g/mol. The highest BCUT2D eigenvalue weighted by Gasteiger charge is 2.06. The van der Waals surface area contributed by atoms with Gasteiger partial charge in [-0.3, -0.25) is 0 Å². The van der Waals surface area contributed by atoms with Crippen molar-refractivity contribution < 1.29 is 0 Å². The molecule has 0 radical (unpaired) electrons. The Kier molecular flexibility index (Phi) is 5.49. The zero-order valence-electron chi connectivity index (χ0n) is 11.3. The van der Waals surface area contributed by atoms with Gasteiger partial charge in [0.25, 0.3) is 0 Å². The Bertz CT molecular complexity index is 526. The van der Waals surface area contributed by atoms with Crippen molar-refractivity contribution in [2.45, 2.75) is 20.3 Å². The van der Waals surface area contributed by atoms with Gasteiger partial charge >= 0.3 is 0 Å². The number of hydrogen-bond donors (Lipinski definition) is 2. The molecule has 98 valence electrons. The first-order valence-electron chi connectivity index (χ1n) is 6.09. The molecule has 2 N–H and O–H groups in total. The lowest BCUT2D eigenvalue weighted by Gasteiger charge is -2.09. The third kappa shape index (κ3) is 4.40. The fourth-order valence-corrected chi connectivity index (χ4v) is 1.60. The summed E-state index contributed by atoms with van der Waals surface area (Å²) < 4.78 is 0. The smallest absolute Gasteiger partial charge is 0.130 e. The molecule has 0 bridgehead atoms. The number of anilines is 1. The minimum atomic E-state index is 0.475. The van der Waals surface area contributed by atoms with Crippen LogP contribution < -0.4 is 5.32 Å². The third-order valence-corrected chi connectivity index (χ3v) is 2.53. The van der Waals surface area contributed by atoms with Crippen LogP contribution in [0.4, 0.5) is 5.82 Å². The van der Waals surface area contributed by atoms with E-state index in [1.807, 2.05) is 6.07 Å². The van der Waals surface area contributed by atoms with Crippen molar-refractivity contribution in [3.63, 3.8) is 0 Å². The van der Waals surface area contributed by atoms with Crippen LogP contribution in [0, 0.1) is 22.7 Å². The van der Waals surface area contributed by atoms with Crippen LogP contribution in [0.25, 0.3) is 0 Å². The molecule has 0 aliphatic carbocycles. The summed E-state index contributed by atoms with van der Waals surface area (Å²) in [5, 5.41) is 19.2. The van der Waals surface area contributed by atoms with Crippen molar-refractivity contribution in [3.05, 3.63) is 47.8 Å². The average Bonchev–Trinajstić information content (AvgIpc) is 2.39. The van der Waals surface area contributed by atoms with E-state index in [2.05, 4.69) is 36.8 Å². The molecule has 0 amide bonds. The predicted molar refractivity (Wildman–Crippen MR) is 78.2 cm³/mol. The van der Waals surface area contributed by atoms with Crippen LogP contribution in [-0.2, 0) is 6.42 Å². The Labute approximate surface area is 114 Å². The zero-order valence-corrected chi connectivity index (χ0v) is 11.3. The van der Waals surface area contributed by atoms with Crippen molar-refractivity contribution in [2.75, 3.05) is 5.32 Å². The molecule has 0 spiro atoms. The molecule has 0 aliphatic rings. The number of nitrogens with zero attached hydrogens (tertiary/aromatic N) is 2. The van der Waals surface area contributed by atoms with E-state index >= 15 is 0 Å². The number of nitrogens with one attached hydrogen (secondary N) is 2. The molecule has 0 saturated carbocycles. The summed E-state index contributed by atoms with van der Waals surface area (Å²) in [4.78, 5) is 4.17. The summed E-state index contributed by atoms with van der Waals surface area (Å²) in [5.74, 6) is 1.14. The third-order valence-electron chi connectivity index (χ3n) is 2.53. The van der Waals surface area contributed by atoms with Gasteiger partial charge in [-0.05, 0) is 24.0 Å². The van der Waals surface area contributed by atoms with Gasteiger partial charge in [0.15, 0.2) is 0 Å². The van der Waals surface area contributed by atoms with Crippen LogP contribution in [0.2, 0.25) is 0 Å². The highest BCUT2D eigenvalue weighted by molar-refractivity contribution is 5.80. The maximum atomic E-state index is 9.05. The predicted octanol–water partition coefficient (Wildman–Crippen LogP) is 3.28. The minimum absolute atomic E-state index is 0.475. The largest absolute Gasteiger partial charge is 0.346 e. The van der Waals surface area contributed by atoms with E-state index in [0.717, 1.165) is 12.0 Å². The fourth-order valence-electron chi connectivity index (χ4n) is 1.60. The molecule has 0 aromatic carbocycles. The van der Waals surface area contributed by atoms with Gasteiger partial charge in [-0.1, -0.05) is 26.5 Å². The van der Waals surface area contributed by atoms with Gasteiger partial charge in [0.05, 0.1) is 5.56 Å². The molecule has 1 heterocycles. The van der Waals surface area contributed by atoms with Crippen LogP contribution in [-0.4, -0.2) is 11.2 Å².